The quantitative estimate of drug-likeness (QED) is 0.834. The number of carbonyl (C=O) groups excluding carboxylic acids is 1. The van der Waals surface area contributed by atoms with E-state index in [0.717, 1.165) is 17.0 Å². The van der Waals surface area contributed by atoms with Gasteiger partial charge in [0.2, 0.25) is 5.91 Å². The maximum atomic E-state index is 12.1. The van der Waals surface area contributed by atoms with Crippen molar-refractivity contribution >= 4 is 17.4 Å². The molecule has 1 heterocycles. The number of pyridine rings is 1. The second kappa shape index (κ2) is 8.51. The Labute approximate surface area is 148 Å². The summed E-state index contributed by atoms with van der Waals surface area (Å²) in [4.78, 5) is 16.5. The molecule has 0 saturated heterocycles. The number of aromatic nitrogens is 1. The molecule has 25 heavy (non-hydrogen) atoms. The molecule has 1 fully saturated rings. The van der Waals surface area contributed by atoms with E-state index in [1.165, 1.54) is 32.1 Å². The van der Waals surface area contributed by atoms with Gasteiger partial charge in [0.15, 0.2) is 0 Å². The molecule has 132 valence electrons. The second-order valence-electron chi connectivity index (χ2n) is 6.48. The number of benzene rings is 1. The van der Waals surface area contributed by atoms with Crippen LogP contribution in [0.5, 0.6) is 5.75 Å². The molecule has 0 radical (unpaired) electrons. The number of carbonyl (C=O) groups is 1. The first-order valence-corrected chi connectivity index (χ1v) is 8.88. The van der Waals surface area contributed by atoms with E-state index >= 15 is 0 Å². The van der Waals surface area contributed by atoms with Crippen molar-refractivity contribution in [1.29, 1.82) is 0 Å². The van der Waals surface area contributed by atoms with Gasteiger partial charge in [-0.3, -0.25) is 4.79 Å². The Morgan fingerprint density at radius 2 is 1.88 bits per heavy atom. The van der Waals surface area contributed by atoms with Crippen LogP contribution in [0, 0.1) is 0 Å². The van der Waals surface area contributed by atoms with E-state index in [1.54, 1.807) is 13.3 Å². The third kappa shape index (κ3) is 5.21. The van der Waals surface area contributed by atoms with Crippen molar-refractivity contribution in [2.75, 3.05) is 17.7 Å². The minimum Gasteiger partial charge on any atom is -0.497 e. The fourth-order valence-corrected chi connectivity index (χ4v) is 3.15. The van der Waals surface area contributed by atoms with Gasteiger partial charge < -0.3 is 15.4 Å². The van der Waals surface area contributed by atoms with Gasteiger partial charge in [-0.05, 0) is 42.7 Å². The zero-order valence-corrected chi connectivity index (χ0v) is 14.6. The van der Waals surface area contributed by atoms with Crippen LogP contribution < -0.4 is 15.4 Å². The van der Waals surface area contributed by atoms with Crippen LogP contribution in [0.1, 0.15) is 37.7 Å². The van der Waals surface area contributed by atoms with Gasteiger partial charge in [0, 0.05) is 6.04 Å². The van der Waals surface area contributed by atoms with E-state index in [4.69, 9.17) is 4.74 Å². The van der Waals surface area contributed by atoms with Crippen LogP contribution in [0.4, 0.5) is 11.5 Å². The van der Waals surface area contributed by atoms with Gasteiger partial charge in [0.1, 0.15) is 11.6 Å². The molecule has 1 aromatic heterocycles. The fraction of sp³-hybridized carbons (Fsp3) is 0.400. The molecule has 1 aliphatic carbocycles. The molecule has 2 aromatic rings. The normalized spacial score (nSPS) is 14.8. The zero-order chi connectivity index (χ0) is 17.5. The molecule has 0 aliphatic heterocycles. The van der Waals surface area contributed by atoms with E-state index in [0.29, 0.717) is 18.3 Å². The highest BCUT2D eigenvalue weighted by molar-refractivity contribution is 5.91. The van der Waals surface area contributed by atoms with Gasteiger partial charge in [0.25, 0.3) is 0 Å². The Balaban J connectivity index is 1.50. The van der Waals surface area contributed by atoms with Gasteiger partial charge in [-0.15, -0.1) is 0 Å². The summed E-state index contributed by atoms with van der Waals surface area (Å²) in [6.45, 7) is 0. The van der Waals surface area contributed by atoms with Crippen LogP contribution in [0.25, 0.3) is 0 Å². The Morgan fingerprint density at radius 1 is 1.12 bits per heavy atom. The molecule has 2 N–H and O–H groups in total. The van der Waals surface area contributed by atoms with Crippen molar-refractivity contribution in [3.8, 4) is 5.75 Å². The highest BCUT2D eigenvalue weighted by Crippen LogP contribution is 2.21. The lowest BCUT2D eigenvalue weighted by atomic mass is 9.95. The van der Waals surface area contributed by atoms with Gasteiger partial charge in [0.05, 0.1) is 25.4 Å². The van der Waals surface area contributed by atoms with Gasteiger partial charge in [-0.2, -0.15) is 0 Å². The van der Waals surface area contributed by atoms with Gasteiger partial charge >= 0.3 is 0 Å². The third-order valence-corrected chi connectivity index (χ3v) is 4.53. The lowest BCUT2D eigenvalue weighted by Crippen LogP contribution is -2.22. The molecule has 0 bridgehead atoms. The minimum absolute atomic E-state index is 0.0781. The average molecular weight is 339 g/mol. The Bertz CT molecular complexity index is 677. The van der Waals surface area contributed by atoms with Crippen molar-refractivity contribution in [3.63, 3.8) is 0 Å². The topological polar surface area (TPSA) is 63.2 Å². The molecule has 1 aromatic carbocycles. The number of nitrogens with one attached hydrogen (secondary N) is 2. The summed E-state index contributed by atoms with van der Waals surface area (Å²) in [5.74, 6) is 1.28. The van der Waals surface area contributed by atoms with Gasteiger partial charge in [-0.1, -0.05) is 31.4 Å². The first-order chi connectivity index (χ1) is 12.2. The number of ether oxygens (including phenoxy) is 1. The molecular weight excluding hydrogens is 314 g/mol. The minimum atomic E-state index is -0.0781. The number of hydrogen-bond donors (Lipinski definition) is 2. The Kier molecular flexibility index (Phi) is 5.88. The predicted octanol–water partition coefficient (Wildman–Crippen LogP) is 4.02. The largest absolute Gasteiger partial charge is 0.497 e. The maximum Gasteiger partial charge on any atom is 0.229 e. The van der Waals surface area contributed by atoms with Crippen LogP contribution in [0.2, 0.25) is 0 Å². The van der Waals surface area contributed by atoms with Crippen LogP contribution in [-0.4, -0.2) is 24.0 Å². The highest BCUT2D eigenvalue weighted by Gasteiger charge is 2.13. The number of nitrogens with zero attached hydrogens (tertiary/aromatic N) is 1. The van der Waals surface area contributed by atoms with E-state index < -0.39 is 0 Å². The molecule has 3 rings (SSSR count). The Morgan fingerprint density at radius 3 is 2.52 bits per heavy atom. The SMILES string of the molecule is COc1ccc(CC(=O)Nc2ccc(NC3CCCCC3)cn2)cc1. The molecule has 1 saturated carbocycles. The third-order valence-electron chi connectivity index (χ3n) is 4.53. The summed E-state index contributed by atoms with van der Waals surface area (Å²) in [5.41, 5.74) is 1.95. The highest BCUT2D eigenvalue weighted by atomic mass is 16.5. The van der Waals surface area contributed by atoms with E-state index in [9.17, 15) is 4.79 Å². The van der Waals surface area contributed by atoms with Crippen LogP contribution in [0.3, 0.4) is 0 Å². The summed E-state index contributed by atoms with van der Waals surface area (Å²) in [6.07, 6.45) is 8.48. The molecule has 1 amide bonds. The molecule has 0 spiro atoms. The second-order valence-corrected chi connectivity index (χ2v) is 6.48. The number of amides is 1. The van der Waals surface area contributed by atoms with E-state index in [-0.39, 0.29) is 5.91 Å². The van der Waals surface area contributed by atoms with E-state index in [1.807, 2.05) is 36.4 Å². The van der Waals surface area contributed by atoms with Crippen molar-refractivity contribution in [1.82, 2.24) is 4.98 Å². The first-order valence-electron chi connectivity index (χ1n) is 8.88. The maximum absolute atomic E-state index is 12.1. The first kappa shape index (κ1) is 17.3. The van der Waals surface area contributed by atoms with Gasteiger partial charge in [-0.25, -0.2) is 4.98 Å². The number of anilines is 2. The molecule has 5 nitrogen and oxygen atoms in total. The summed E-state index contributed by atoms with van der Waals surface area (Å²) < 4.78 is 5.12. The number of rotatable bonds is 6. The molecule has 1 aliphatic rings. The monoisotopic (exact) mass is 339 g/mol. The summed E-state index contributed by atoms with van der Waals surface area (Å²) >= 11 is 0. The van der Waals surface area contributed by atoms with Crippen molar-refractivity contribution in [3.05, 3.63) is 48.2 Å². The fourth-order valence-electron chi connectivity index (χ4n) is 3.15. The van der Waals surface area contributed by atoms with Crippen LogP contribution in [0.15, 0.2) is 42.6 Å². The van der Waals surface area contributed by atoms with Crippen molar-refractivity contribution < 1.29 is 9.53 Å². The Hall–Kier alpha value is -2.56. The van der Waals surface area contributed by atoms with Crippen molar-refractivity contribution in [2.24, 2.45) is 0 Å². The lowest BCUT2D eigenvalue weighted by molar-refractivity contribution is -0.115. The molecule has 0 atom stereocenters. The van der Waals surface area contributed by atoms with Crippen LogP contribution >= 0.6 is 0 Å². The number of hydrogen-bond acceptors (Lipinski definition) is 4. The van der Waals surface area contributed by atoms with Crippen LogP contribution in [-0.2, 0) is 11.2 Å². The molecular formula is C20H25N3O2. The average Bonchev–Trinajstić information content (AvgIpc) is 2.65. The van der Waals surface area contributed by atoms with E-state index in [2.05, 4.69) is 15.6 Å². The molecule has 0 unspecified atom stereocenters. The summed E-state index contributed by atoms with van der Waals surface area (Å²) in [6, 6.07) is 11.9. The summed E-state index contributed by atoms with van der Waals surface area (Å²) in [7, 11) is 1.63. The zero-order valence-electron chi connectivity index (χ0n) is 14.6. The summed E-state index contributed by atoms with van der Waals surface area (Å²) in [5, 5.41) is 6.37. The standard InChI is InChI=1S/C20H25N3O2/c1-25-18-10-7-15(8-11-18)13-20(24)23-19-12-9-17(14-21-19)22-16-5-3-2-4-6-16/h7-12,14,16,22H,2-6,13H2,1H3,(H,21,23,24). The van der Waals surface area contributed by atoms with Crippen molar-refractivity contribution in [2.45, 2.75) is 44.6 Å². The predicted molar refractivity (Wildman–Crippen MR) is 100 cm³/mol. The number of methoxy groups -OCH3 is 1. The lowest BCUT2D eigenvalue weighted by Gasteiger charge is -2.23. The molecule has 5 heteroatoms. The smallest absolute Gasteiger partial charge is 0.229 e.